The van der Waals surface area contributed by atoms with E-state index in [0.717, 1.165) is 0 Å². The third kappa shape index (κ3) is 6.63. The van der Waals surface area contributed by atoms with Gasteiger partial charge in [-0.2, -0.15) is 0 Å². The number of carbonyl (C=O) groups excluding carboxylic acids is 2. The van der Waals surface area contributed by atoms with Crippen LogP contribution in [0.4, 0.5) is 18.0 Å². The van der Waals surface area contributed by atoms with E-state index in [2.05, 4.69) is 19.9 Å². The maximum absolute atomic E-state index is 12.5. The summed E-state index contributed by atoms with van der Waals surface area (Å²) in [6.07, 6.45) is -4.46. The first-order valence-electron chi connectivity index (χ1n) is 10.9. The van der Waals surface area contributed by atoms with Crippen molar-refractivity contribution in [2.24, 2.45) is 0 Å². The average Bonchev–Trinajstić information content (AvgIpc) is 3.20. The second-order valence-electron chi connectivity index (χ2n) is 8.08. The van der Waals surface area contributed by atoms with Crippen molar-refractivity contribution in [3.63, 3.8) is 0 Å². The van der Waals surface area contributed by atoms with Crippen molar-refractivity contribution >= 4 is 22.9 Å². The lowest BCUT2D eigenvalue weighted by Gasteiger charge is -2.34. The molecule has 0 aliphatic carbocycles. The van der Waals surface area contributed by atoms with Gasteiger partial charge in [0.1, 0.15) is 5.75 Å². The fourth-order valence-corrected chi connectivity index (χ4v) is 3.80. The summed E-state index contributed by atoms with van der Waals surface area (Å²) in [5.74, 6) is -0.957. The van der Waals surface area contributed by atoms with E-state index in [4.69, 9.17) is 4.42 Å². The summed E-state index contributed by atoms with van der Waals surface area (Å²) in [5.41, 5.74) is 1.98. The number of aromatic amines is 1. The van der Waals surface area contributed by atoms with Gasteiger partial charge in [0.15, 0.2) is 11.4 Å². The normalized spacial score (nSPS) is 14.8. The molecule has 0 atom stereocenters. The minimum atomic E-state index is -4.75. The number of piperazine rings is 1. The van der Waals surface area contributed by atoms with E-state index in [0.29, 0.717) is 61.4 Å². The van der Waals surface area contributed by atoms with Crippen LogP contribution in [0.5, 0.6) is 5.75 Å². The number of Topliss-reactive ketones (excluding diaryl/α,β-unsaturated/α-hetero) is 1. The number of rotatable bonds is 7. The molecule has 9 nitrogen and oxygen atoms in total. The summed E-state index contributed by atoms with van der Waals surface area (Å²) in [6.45, 7) is 2.89. The quantitative estimate of drug-likeness (QED) is 0.491. The van der Waals surface area contributed by atoms with Crippen LogP contribution in [0.25, 0.3) is 11.1 Å². The van der Waals surface area contributed by atoms with Crippen molar-refractivity contribution in [2.45, 2.75) is 19.3 Å². The summed E-state index contributed by atoms with van der Waals surface area (Å²) < 4.78 is 45.5. The van der Waals surface area contributed by atoms with Crippen LogP contribution in [-0.4, -0.2) is 65.7 Å². The van der Waals surface area contributed by atoms with Crippen molar-refractivity contribution in [1.82, 2.24) is 20.1 Å². The van der Waals surface area contributed by atoms with Crippen LogP contribution in [0, 0.1) is 0 Å². The summed E-state index contributed by atoms with van der Waals surface area (Å²) in [4.78, 5) is 42.5. The van der Waals surface area contributed by atoms with Gasteiger partial charge in [-0.1, -0.05) is 12.1 Å². The maximum Gasteiger partial charge on any atom is 0.573 e. The van der Waals surface area contributed by atoms with Gasteiger partial charge in [-0.25, -0.2) is 9.59 Å². The number of halogens is 3. The van der Waals surface area contributed by atoms with Gasteiger partial charge in [-0.3, -0.25) is 14.7 Å². The zero-order valence-electron chi connectivity index (χ0n) is 18.6. The molecule has 0 saturated carbocycles. The lowest BCUT2D eigenvalue weighted by molar-refractivity contribution is -0.274. The molecule has 2 heterocycles. The number of carbonyl (C=O) groups is 2. The molecule has 2 amide bonds. The Morgan fingerprint density at radius 3 is 2.46 bits per heavy atom. The van der Waals surface area contributed by atoms with Crippen molar-refractivity contribution in [3.05, 3.63) is 64.1 Å². The van der Waals surface area contributed by atoms with Crippen LogP contribution in [0.2, 0.25) is 0 Å². The molecule has 0 radical (unpaired) electrons. The van der Waals surface area contributed by atoms with Gasteiger partial charge < -0.3 is 19.4 Å². The van der Waals surface area contributed by atoms with E-state index >= 15 is 0 Å². The van der Waals surface area contributed by atoms with E-state index in [1.807, 2.05) is 0 Å². The molecule has 0 unspecified atom stereocenters. The number of benzene rings is 2. The predicted octanol–water partition coefficient (Wildman–Crippen LogP) is 3.12. The number of amides is 2. The van der Waals surface area contributed by atoms with E-state index in [1.165, 1.54) is 24.3 Å². The number of urea groups is 1. The summed E-state index contributed by atoms with van der Waals surface area (Å²) in [6, 6.07) is 9.87. The highest BCUT2D eigenvalue weighted by Gasteiger charge is 2.31. The van der Waals surface area contributed by atoms with Crippen molar-refractivity contribution in [3.8, 4) is 5.75 Å². The monoisotopic (exact) mass is 492 g/mol. The van der Waals surface area contributed by atoms with Crippen molar-refractivity contribution in [2.75, 3.05) is 32.7 Å². The Balaban J connectivity index is 1.18. The molecule has 0 bridgehead atoms. The van der Waals surface area contributed by atoms with Gasteiger partial charge in [0, 0.05) is 51.3 Å². The Kier molecular flexibility index (Phi) is 7.10. The number of hydrogen-bond donors (Lipinski definition) is 2. The molecule has 35 heavy (non-hydrogen) atoms. The van der Waals surface area contributed by atoms with Gasteiger partial charge in [0.05, 0.1) is 5.52 Å². The Hall–Kier alpha value is -3.80. The fraction of sp³-hybridized carbons (Fsp3) is 0.348. The first-order valence-corrected chi connectivity index (χ1v) is 10.9. The third-order valence-electron chi connectivity index (χ3n) is 5.66. The predicted molar refractivity (Wildman–Crippen MR) is 119 cm³/mol. The molecule has 0 spiro atoms. The van der Waals surface area contributed by atoms with Crippen molar-refractivity contribution in [1.29, 1.82) is 0 Å². The topological polar surface area (TPSA) is 108 Å². The Morgan fingerprint density at radius 2 is 1.77 bits per heavy atom. The van der Waals surface area contributed by atoms with Gasteiger partial charge in [0.25, 0.3) is 0 Å². The van der Waals surface area contributed by atoms with E-state index in [-0.39, 0.29) is 24.1 Å². The van der Waals surface area contributed by atoms with E-state index < -0.39 is 12.1 Å². The molecule has 186 valence electrons. The van der Waals surface area contributed by atoms with Gasteiger partial charge in [-0.05, 0) is 35.9 Å². The Labute approximate surface area is 197 Å². The van der Waals surface area contributed by atoms with Crippen molar-refractivity contribution < 1.29 is 31.9 Å². The molecule has 1 saturated heterocycles. The third-order valence-corrected chi connectivity index (χ3v) is 5.66. The molecule has 1 aliphatic rings. The number of oxazole rings is 1. The van der Waals surface area contributed by atoms with Gasteiger partial charge >= 0.3 is 18.1 Å². The molecular weight excluding hydrogens is 469 g/mol. The average molecular weight is 492 g/mol. The molecule has 12 heteroatoms. The molecule has 1 fully saturated rings. The summed E-state index contributed by atoms with van der Waals surface area (Å²) in [7, 11) is 0. The standard InChI is InChI=1S/C23H23F3N4O5/c24-23(25,26)35-17-4-1-15(2-5-17)14-27-21(32)30-11-9-29(10-12-30)8-7-19(31)16-3-6-18-20(13-16)34-22(33)28-18/h1-6,13H,7-12,14H2,(H,27,32)(H,28,33). The fourth-order valence-electron chi connectivity index (χ4n) is 3.80. The van der Waals surface area contributed by atoms with E-state index in [1.54, 1.807) is 23.1 Å². The molecule has 2 aromatic carbocycles. The lowest BCUT2D eigenvalue weighted by Crippen LogP contribution is -2.51. The first kappa shape index (κ1) is 24.3. The van der Waals surface area contributed by atoms with E-state index in [9.17, 15) is 27.6 Å². The van der Waals surface area contributed by atoms with Crippen LogP contribution in [0.3, 0.4) is 0 Å². The molecule has 2 N–H and O–H groups in total. The highest BCUT2D eigenvalue weighted by atomic mass is 19.4. The largest absolute Gasteiger partial charge is 0.573 e. The number of hydrogen-bond acceptors (Lipinski definition) is 6. The number of nitrogens with zero attached hydrogens (tertiary/aromatic N) is 2. The summed E-state index contributed by atoms with van der Waals surface area (Å²) in [5, 5.41) is 2.76. The van der Waals surface area contributed by atoms with Crippen LogP contribution < -0.4 is 15.8 Å². The highest BCUT2D eigenvalue weighted by molar-refractivity contribution is 5.98. The number of H-pyrrole nitrogens is 1. The number of nitrogens with one attached hydrogen (secondary N) is 2. The molecular formula is C23H23F3N4O5. The van der Waals surface area contributed by atoms with Gasteiger partial charge in [0.2, 0.25) is 0 Å². The minimum absolute atomic E-state index is 0.0671. The highest BCUT2D eigenvalue weighted by Crippen LogP contribution is 2.22. The second-order valence-corrected chi connectivity index (χ2v) is 8.08. The Morgan fingerprint density at radius 1 is 1.06 bits per heavy atom. The molecule has 3 aromatic rings. The summed E-state index contributed by atoms with van der Waals surface area (Å²) >= 11 is 0. The van der Waals surface area contributed by atoms with Crippen LogP contribution in [-0.2, 0) is 6.54 Å². The number of aromatic nitrogens is 1. The molecule has 1 aliphatic heterocycles. The number of fused-ring (bicyclic) bond motifs is 1. The number of ether oxygens (including phenoxy) is 1. The lowest BCUT2D eigenvalue weighted by atomic mass is 10.1. The number of alkyl halides is 3. The minimum Gasteiger partial charge on any atom is -0.408 e. The number of ketones is 1. The van der Waals surface area contributed by atoms with Crippen LogP contribution in [0.15, 0.2) is 51.7 Å². The zero-order valence-corrected chi connectivity index (χ0v) is 18.6. The first-order chi connectivity index (χ1) is 16.7. The maximum atomic E-state index is 12.5. The molecule has 1 aromatic heterocycles. The van der Waals surface area contributed by atoms with Crippen LogP contribution in [0.1, 0.15) is 22.3 Å². The smallest absolute Gasteiger partial charge is 0.408 e. The second kappa shape index (κ2) is 10.2. The zero-order chi connectivity index (χ0) is 25.0. The Bertz CT molecular complexity index is 1240. The SMILES string of the molecule is O=C(CCN1CCN(C(=O)NCc2ccc(OC(F)(F)F)cc2)CC1)c1ccc2[nH]c(=O)oc2c1. The molecule has 4 rings (SSSR count). The van der Waals surface area contributed by atoms with Gasteiger partial charge in [-0.15, -0.1) is 13.2 Å². The van der Waals surface area contributed by atoms with Crippen LogP contribution >= 0.6 is 0 Å².